The minimum absolute atomic E-state index is 0.248. The van der Waals surface area contributed by atoms with Crippen molar-refractivity contribution in [2.45, 2.75) is 6.54 Å². The van der Waals surface area contributed by atoms with E-state index in [4.69, 9.17) is 16.3 Å². The number of aromatic nitrogens is 1. The van der Waals surface area contributed by atoms with Crippen LogP contribution in [0.2, 0.25) is 5.02 Å². The van der Waals surface area contributed by atoms with E-state index in [1.165, 1.54) is 13.2 Å². The predicted molar refractivity (Wildman–Crippen MR) is 82.7 cm³/mol. The van der Waals surface area contributed by atoms with Gasteiger partial charge in [0.2, 0.25) is 0 Å². The molecule has 0 unspecified atom stereocenters. The third-order valence-corrected chi connectivity index (χ3v) is 3.11. The van der Waals surface area contributed by atoms with E-state index in [1.54, 1.807) is 36.7 Å². The van der Waals surface area contributed by atoms with Gasteiger partial charge >= 0.3 is 11.8 Å². The molecule has 0 fully saturated rings. The first-order chi connectivity index (χ1) is 10.6. The van der Waals surface area contributed by atoms with Gasteiger partial charge < -0.3 is 15.4 Å². The van der Waals surface area contributed by atoms with E-state index < -0.39 is 11.8 Å². The lowest BCUT2D eigenvalue weighted by Crippen LogP contribution is -2.34. The summed E-state index contributed by atoms with van der Waals surface area (Å²) in [6.07, 6.45) is 3.22. The van der Waals surface area contributed by atoms with Crippen molar-refractivity contribution >= 4 is 29.1 Å². The number of hydrogen-bond acceptors (Lipinski definition) is 4. The van der Waals surface area contributed by atoms with Gasteiger partial charge in [0.1, 0.15) is 5.75 Å². The summed E-state index contributed by atoms with van der Waals surface area (Å²) in [5, 5.41) is 5.33. The number of rotatable bonds is 4. The van der Waals surface area contributed by atoms with Crippen LogP contribution in [0.15, 0.2) is 42.7 Å². The number of carbonyl (C=O) groups is 2. The molecule has 22 heavy (non-hydrogen) atoms. The summed E-state index contributed by atoms with van der Waals surface area (Å²) in [6, 6.07) is 8.21. The van der Waals surface area contributed by atoms with E-state index in [1.807, 2.05) is 0 Å². The highest BCUT2D eigenvalue weighted by atomic mass is 35.5. The first-order valence-electron chi connectivity index (χ1n) is 6.42. The zero-order valence-electron chi connectivity index (χ0n) is 11.8. The molecule has 1 heterocycles. The zero-order chi connectivity index (χ0) is 15.9. The molecule has 0 aliphatic rings. The van der Waals surface area contributed by atoms with Crippen molar-refractivity contribution in [2.24, 2.45) is 0 Å². The number of hydrogen-bond donors (Lipinski definition) is 2. The molecule has 2 rings (SSSR count). The molecule has 1 aromatic heterocycles. The Bertz CT molecular complexity index is 677. The number of pyridine rings is 1. The number of carbonyl (C=O) groups excluding carboxylic acids is 2. The number of amides is 2. The van der Waals surface area contributed by atoms with Gasteiger partial charge in [0, 0.05) is 24.6 Å². The Morgan fingerprint density at radius 3 is 2.55 bits per heavy atom. The molecule has 0 radical (unpaired) electrons. The molecule has 2 N–H and O–H groups in total. The van der Waals surface area contributed by atoms with Gasteiger partial charge in [-0.3, -0.25) is 14.6 Å². The Kier molecular flexibility index (Phi) is 5.32. The highest BCUT2D eigenvalue weighted by Gasteiger charge is 2.14. The van der Waals surface area contributed by atoms with Crippen LogP contribution >= 0.6 is 11.6 Å². The van der Waals surface area contributed by atoms with Crippen LogP contribution in [0.4, 0.5) is 5.69 Å². The van der Waals surface area contributed by atoms with Crippen LogP contribution in [0.3, 0.4) is 0 Å². The van der Waals surface area contributed by atoms with Crippen LogP contribution in [0.25, 0.3) is 0 Å². The third kappa shape index (κ3) is 4.20. The summed E-state index contributed by atoms with van der Waals surface area (Å²) < 4.78 is 5.01. The molecule has 0 saturated carbocycles. The molecule has 0 spiro atoms. The van der Waals surface area contributed by atoms with E-state index in [9.17, 15) is 9.59 Å². The molecule has 114 valence electrons. The second-order valence-electron chi connectivity index (χ2n) is 4.34. The fourth-order valence-electron chi connectivity index (χ4n) is 1.70. The van der Waals surface area contributed by atoms with Gasteiger partial charge in [-0.05, 0) is 35.9 Å². The maximum Gasteiger partial charge on any atom is 0.313 e. The van der Waals surface area contributed by atoms with Crippen LogP contribution in [0.5, 0.6) is 5.75 Å². The number of halogens is 1. The Morgan fingerprint density at radius 1 is 1.18 bits per heavy atom. The number of nitrogens with one attached hydrogen (secondary N) is 2. The van der Waals surface area contributed by atoms with E-state index >= 15 is 0 Å². The highest BCUT2D eigenvalue weighted by molar-refractivity contribution is 6.39. The summed E-state index contributed by atoms with van der Waals surface area (Å²) >= 11 is 5.95. The molecule has 1 aromatic carbocycles. The van der Waals surface area contributed by atoms with Gasteiger partial charge in [-0.2, -0.15) is 0 Å². The van der Waals surface area contributed by atoms with Crippen LogP contribution in [0.1, 0.15) is 5.56 Å². The molecule has 0 bridgehead atoms. The second-order valence-corrected chi connectivity index (χ2v) is 4.75. The molecule has 0 saturated heterocycles. The third-order valence-electron chi connectivity index (χ3n) is 2.82. The molecule has 6 nitrogen and oxygen atoms in total. The average molecular weight is 320 g/mol. The van der Waals surface area contributed by atoms with Gasteiger partial charge in [-0.1, -0.05) is 11.6 Å². The Morgan fingerprint density at radius 2 is 1.91 bits per heavy atom. The van der Waals surface area contributed by atoms with Crippen molar-refractivity contribution < 1.29 is 14.3 Å². The Hall–Kier alpha value is -2.60. The summed E-state index contributed by atoms with van der Waals surface area (Å²) in [5.41, 5.74) is 1.26. The number of ether oxygens (including phenoxy) is 1. The topological polar surface area (TPSA) is 80.3 Å². The summed E-state index contributed by atoms with van der Waals surface area (Å²) in [6.45, 7) is 0.248. The first kappa shape index (κ1) is 15.8. The molecular formula is C15H14ClN3O3. The van der Waals surface area contributed by atoms with Crippen LogP contribution in [-0.2, 0) is 16.1 Å². The lowest BCUT2D eigenvalue weighted by atomic mass is 10.2. The normalized spacial score (nSPS) is 9.91. The smallest absolute Gasteiger partial charge is 0.313 e. The Balaban J connectivity index is 1.91. The minimum Gasteiger partial charge on any atom is -0.495 e. The monoisotopic (exact) mass is 319 g/mol. The van der Waals surface area contributed by atoms with Crippen LogP contribution in [-0.4, -0.2) is 23.9 Å². The van der Waals surface area contributed by atoms with Crippen molar-refractivity contribution in [3.63, 3.8) is 0 Å². The predicted octanol–water partition coefficient (Wildman–Crippen LogP) is 2.00. The summed E-state index contributed by atoms with van der Waals surface area (Å²) in [7, 11) is 1.49. The number of methoxy groups -OCH3 is 1. The molecule has 2 aromatic rings. The first-order valence-corrected chi connectivity index (χ1v) is 6.79. The van der Waals surface area contributed by atoms with E-state index in [0.717, 1.165) is 5.56 Å². The average Bonchev–Trinajstić information content (AvgIpc) is 2.53. The SMILES string of the molecule is COc1ccc(NC(=O)C(=O)NCc2ccncc2)cc1Cl. The van der Waals surface area contributed by atoms with Gasteiger partial charge in [0.15, 0.2) is 0 Å². The van der Waals surface area contributed by atoms with Gasteiger partial charge in [0.25, 0.3) is 0 Å². The molecule has 2 amide bonds. The summed E-state index contributed by atoms with van der Waals surface area (Å²) in [5.74, 6) is -1.01. The van der Waals surface area contributed by atoms with Crippen molar-refractivity contribution in [1.82, 2.24) is 10.3 Å². The number of nitrogens with zero attached hydrogens (tertiary/aromatic N) is 1. The highest BCUT2D eigenvalue weighted by Crippen LogP contribution is 2.27. The van der Waals surface area contributed by atoms with Gasteiger partial charge in [0.05, 0.1) is 12.1 Å². The lowest BCUT2D eigenvalue weighted by molar-refractivity contribution is -0.136. The van der Waals surface area contributed by atoms with E-state index in [0.29, 0.717) is 16.5 Å². The van der Waals surface area contributed by atoms with Crippen molar-refractivity contribution in [1.29, 1.82) is 0 Å². The fourth-order valence-corrected chi connectivity index (χ4v) is 1.95. The fraction of sp³-hybridized carbons (Fsp3) is 0.133. The van der Waals surface area contributed by atoms with Crippen LogP contribution in [0, 0.1) is 0 Å². The van der Waals surface area contributed by atoms with Gasteiger partial charge in [-0.15, -0.1) is 0 Å². The molecule has 7 heteroatoms. The minimum atomic E-state index is -0.768. The molecule has 0 aliphatic carbocycles. The van der Waals surface area contributed by atoms with Crippen molar-refractivity contribution in [3.05, 3.63) is 53.3 Å². The Labute approximate surface area is 132 Å². The largest absolute Gasteiger partial charge is 0.495 e. The van der Waals surface area contributed by atoms with E-state index in [2.05, 4.69) is 15.6 Å². The second kappa shape index (κ2) is 7.42. The standard InChI is InChI=1S/C15H14ClN3O3/c1-22-13-3-2-11(8-12(13)16)19-15(21)14(20)18-9-10-4-6-17-7-5-10/h2-8H,9H2,1H3,(H,18,20)(H,19,21). The quantitative estimate of drug-likeness (QED) is 0.845. The van der Waals surface area contributed by atoms with E-state index in [-0.39, 0.29) is 6.54 Å². The van der Waals surface area contributed by atoms with Crippen molar-refractivity contribution in [2.75, 3.05) is 12.4 Å². The van der Waals surface area contributed by atoms with Gasteiger partial charge in [-0.25, -0.2) is 0 Å². The number of anilines is 1. The van der Waals surface area contributed by atoms with Crippen molar-refractivity contribution in [3.8, 4) is 5.75 Å². The molecule has 0 aliphatic heterocycles. The maximum absolute atomic E-state index is 11.8. The summed E-state index contributed by atoms with van der Waals surface area (Å²) in [4.78, 5) is 27.4. The van der Waals surface area contributed by atoms with Crippen LogP contribution < -0.4 is 15.4 Å². The zero-order valence-corrected chi connectivity index (χ0v) is 12.6. The number of benzene rings is 1. The molecule has 0 atom stereocenters. The molecular weight excluding hydrogens is 306 g/mol. The lowest BCUT2D eigenvalue weighted by Gasteiger charge is -2.08. The maximum atomic E-state index is 11.8.